The zero-order valence-electron chi connectivity index (χ0n) is 38.1. The maximum Gasteiger partial charge on any atom is 0.333 e. The molecule has 5 aromatic carbocycles. The number of carbonyl (C=O) groups excluding carboxylic acids is 2. The van der Waals surface area contributed by atoms with Crippen molar-refractivity contribution in [3.8, 4) is 0 Å². The number of unbranched alkanes of at least 4 members (excludes halogenated alkanes) is 6. The Labute approximate surface area is 383 Å². The van der Waals surface area contributed by atoms with E-state index in [2.05, 4.69) is 66.1 Å². The topological polar surface area (TPSA) is 163 Å². The van der Waals surface area contributed by atoms with Gasteiger partial charge in [0.25, 0.3) is 0 Å². The Morgan fingerprint density at radius 1 is 0.615 bits per heavy atom. The van der Waals surface area contributed by atoms with Gasteiger partial charge in [-0.3, -0.25) is 0 Å². The highest BCUT2D eigenvalue weighted by molar-refractivity contribution is 7.89. The molecule has 0 saturated heterocycles. The summed E-state index contributed by atoms with van der Waals surface area (Å²) in [5.41, 5.74) is 5.24. The fourth-order valence-corrected chi connectivity index (χ4v) is 9.37. The average molecular weight is 900 g/mol. The predicted molar refractivity (Wildman–Crippen MR) is 260 cm³/mol. The first-order valence-corrected chi connectivity index (χ1v) is 24.0. The van der Waals surface area contributed by atoms with Crippen molar-refractivity contribution < 1.29 is 27.5 Å². The van der Waals surface area contributed by atoms with Crippen LogP contribution < -0.4 is 10.6 Å². The lowest BCUT2D eigenvalue weighted by Crippen LogP contribution is -2.45. The number of ether oxygens (including phenoxy) is 2. The molecule has 1 atom stereocenters. The fourth-order valence-electron chi connectivity index (χ4n) is 7.85. The molecule has 342 valence electrons. The Morgan fingerprint density at radius 3 is 1.63 bits per heavy atom. The van der Waals surface area contributed by atoms with E-state index in [0.29, 0.717) is 80.2 Å². The van der Waals surface area contributed by atoms with Gasteiger partial charge in [-0.05, 0) is 107 Å². The Kier molecular flexibility index (Phi) is 16.8. The summed E-state index contributed by atoms with van der Waals surface area (Å²) in [5.74, 6) is -0.811. The number of nitrogens with one attached hydrogen (secondary N) is 2. The second-order valence-corrected chi connectivity index (χ2v) is 18.7. The van der Waals surface area contributed by atoms with Gasteiger partial charge in [-0.25, -0.2) is 18.0 Å². The number of benzene rings is 5. The van der Waals surface area contributed by atoms with Crippen molar-refractivity contribution in [2.45, 2.75) is 102 Å². The molecule has 0 amide bonds. The van der Waals surface area contributed by atoms with Gasteiger partial charge in [0.1, 0.15) is 5.66 Å². The van der Waals surface area contributed by atoms with Crippen LogP contribution in [-0.2, 0) is 29.1 Å². The monoisotopic (exact) mass is 899 g/mol. The van der Waals surface area contributed by atoms with Gasteiger partial charge in [-0.15, -0.1) is 15.3 Å². The summed E-state index contributed by atoms with van der Waals surface area (Å²) in [6, 6.07) is 28.4. The number of esters is 2. The van der Waals surface area contributed by atoms with Crippen LogP contribution in [0.3, 0.4) is 0 Å². The third-order valence-corrected chi connectivity index (χ3v) is 13.2. The lowest BCUT2D eigenvalue weighted by atomic mass is 9.97. The molecule has 0 aromatic heterocycles. The first-order valence-electron chi connectivity index (χ1n) is 22.5. The molecule has 1 unspecified atom stereocenters. The average Bonchev–Trinajstić information content (AvgIpc) is 3.29. The number of hydrogen-bond acceptors (Lipinski definition) is 12. The zero-order valence-corrected chi connectivity index (χ0v) is 38.9. The summed E-state index contributed by atoms with van der Waals surface area (Å²) < 4.78 is 40.0. The van der Waals surface area contributed by atoms with E-state index in [-0.39, 0.29) is 10.6 Å². The molecule has 6 rings (SSSR count). The minimum absolute atomic E-state index is 0.174. The highest BCUT2D eigenvalue weighted by Crippen LogP contribution is 2.43. The van der Waals surface area contributed by atoms with E-state index in [0.717, 1.165) is 77.1 Å². The van der Waals surface area contributed by atoms with Crippen molar-refractivity contribution in [2.75, 3.05) is 36.9 Å². The summed E-state index contributed by atoms with van der Waals surface area (Å²) in [7, 11) is -3.83. The Balaban J connectivity index is 1.12. The summed E-state index contributed by atoms with van der Waals surface area (Å²) in [6.07, 6.45) is 7.87. The van der Waals surface area contributed by atoms with E-state index in [9.17, 15) is 18.0 Å². The molecule has 0 saturated carbocycles. The van der Waals surface area contributed by atoms with Crippen molar-refractivity contribution in [2.24, 2.45) is 20.5 Å². The van der Waals surface area contributed by atoms with Crippen LogP contribution in [0.15, 0.2) is 141 Å². The lowest BCUT2D eigenvalue weighted by Gasteiger charge is -2.39. The minimum atomic E-state index is -3.83. The molecule has 1 aliphatic rings. The molecule has 13 nitrogen and oxygen atoms in total. The molecule has 2 N–H and O–H groups in total. The van der Waals surface area contributed by atoms with E-state index in [1.807, 2.05) is 48.5 Å². The number of hydrogen-bond donors (Lipinski definition) is 2. The van der Waals surface area contributed by atoms with Gasteiger partial charge in [0.15, 0.2) is 0 Å². The number of azo groups is 2. The standard InChI is InChI=1S/C51H61N7O6S/c1-7-31-51(6)52-46-22-18-21-42-45(29-30-47(53-51)48(42)46)57-56-44-28-27-43(40-19-12-13-20-41(40)44)55-54-38-23-25-39(26-24-38)65(61,62)58(32-14-8-10-16-34-63-49(59)36(2)3)33-15-9-11-17-35-64-50(60)37(4)5/h12-13,18-30,52-53H,2,4,7-11,14-17,31-35H2,1,3,5-6H3/b55-54+,57-56+. The fraction of sp³-hybridized carbons (Fsp3) is 0.373. The minimum Gasteiger partial charge on any atom is -0.462 e. The van der Waals surface area contributed by atoms with E-state index < -0.39 is 22.0 Å². The Bertz CT molecular complexity index is 2630. The summed E-state index contributed by atoms with van der Waals surface area (Å²) in [5, 5.41) is 29.7. The molecule has 0 radical (unpaired) electrons. The highest BCUT2D eigenvalue weighted by Gasteiger charge is 2.29. The number of sulfonamides is 1. The van der Waals surface area contributed by atoms with Crippen LogP contribution in [0.4, 0.5) is 34.1 Å². The van der Waals surface area contributed by atoms with Crippen LogP contribution in [0.5, 0.6) is 0 Å². The Morgan fingerprint density at radius 2 is 1.09 bits per heavy atom. The Hall–Kier alpha value is -6.25. The SMILES string of the molecule is C=C(C)C(=O)OCCCCCCN(CCCCCCOC(=O)C(=C)C)S(=O)(=O)c1ccc(/N=N/c2ccc(/N=N/c3ccc4c5c(cccc35)NC(C)(CCC)N4)c3ccccc23)cc1. The van der Waals surface area contributed by atoms with Crippen molar-refractivity contribution in [3.63, 3.8) is 0 Å². The third kappa shape index (κ3) is 12.7. The van der Waals surface area contributed by atoms with Crippen LogP contribution in [0.1, 0.15) is 91.9 Å². The first-order chi connectivity index (χ1) is 31.3. The summed E-state index contributed by atoms with van der Waals surface area (Å²) in [4.78, 5) is 23.5. The van der Waals surface area contributed by atoms with Crippen LogP contribution in [0, 0.1) is 0 Å². The van der Waals surface area contributed by atoms with E-state index in [1.54, 1.807) is 42.4 Å². The van der Waals surface area contributed by atoms with Crippen LogP contribution in [-0.4, -0.2) is 56.6 Å². The summed E-state index contributed by atoms with van der Waals surface area (Å²) in [6.45, 7) is 16.1. The van der Waals surface area contributed by atoms with Crippen LogP contribution in [0.25, 0.3) is 21.5 Å². The van der Waals surface area contributed by atoms with Gasteiger partial charge in [0.05, 0.1) is 40.9 Å². The zero-order chi connectivity index (χ0) is 46.4. The van der Waals surface area contributed by atoms with Gasteiger partial charge in [0.2, 0.25) is 10.0 Å². The molecule has 0 spiro atoms. The second-order valence-electron chi connectivity index (χ2n) is 16.8. The normalized spacial score (nSPS) is 14.8. The van der Waals surface area contributed by atoms with E-state index in [4.69, 9.17) is 19.7 Å². The lowest BCUT2D eigenvalue weighted by molar-refractivity contribution is -0.139. The van der Waals surface area contributed by atoms with Gasteiger partial charge in [-0.1, -0.05) is 88.6 Å². The molecule has 0 bridgehead atoms. The van der Waals surface area contributed by atoms with E-state index in [1.165, 1.54) is 0 Å². The van der Waals surface area contributed by atoms with Crippen LogP contribution in [0.2, 0.25) is 0 Å². The molecule has 0 aliphatic carbocycles. The van der Waals surface area contributed by atoms with Crippen molar-refractivity contribution in [1.29, 1.82) is 0 Å². The molecule has 65 heavy (non-hydrogen) atoms. The first kappa shape index (κ1) is 48.2. The van der Waals surface area contributed by atoms with Crippen molar-refractivity contribution >= 4 is 77.6 Å². The van der Waals surface area contributed by atoms with Crippen LogP contribution >= 0.6 is 0 Å². The molecule has 1 aliphatic heterocycles. The number of anilines is 2. The molecule has 5 aromatic rings. The summed E-state index contributed by atoms with van der Waals surface area (Å²) >= 11 is 0. The quantitative estimate of drug-likeness (QED) is 0.0267. The number of nitrogens with zero attached hydrogens (tertiary/aromatic N) is 5. The molecule has 0 fully saturated rings. The maximum absolute atomic E-state index is 14.0. The second kappa shape index (κ2) is 22.6. The van der Waals surface area contributed by atoms with Gasteiger partial charge < -0.3 is 20.1 Å². The predicted octanol–water partition coefficient (Wildman–Crippen LogP) is 13.5. The maximum atomic E-state index is 14.0. The van der Waals surface area contributed by atoms with Gasteiger partial charge >= 0.3 is 11.9 Å². The number of carbonyl (C=O) groups is 2. The molecule has 1 heterocycles. The smallest absolute Gasteiger partial charge is 0.333 e. The molecule has 14 heteroatoms. The van der Waals surface area contributed by atoms with Gasteiger partial charge in [0, 0.05) is 57.2 Å². The number of rotatable bonds is 24. The van der Waals surface area contributed by atoms with Crippen molar-refractivity contribution in [3.05, 3.63) is 115 Å². The van der Waals surface area contributed by atoms with E-state index >= 15 is 0 Å². The van der Waals surface area contributed by atoms with Gasteiger partial charge in [-0.2, -0.15) is 9.42 Å². The third-order valence-electron chi connectivity index (χ3n) is 11.2. The molecular weight excluding hydrogens is 839 g/mol. The largest absolute Gasteiger partial charge is 0.462 e. The molecular formula is C51H61N7O6S. The highest BCUT2D eigenvalue weighted by atomic mass is 32.2. The van der Waals surface area contributed by atoms with Crippen molar-refractivity contribution in [1.82, 2.24) is 4.31 Å². The number of fused-ring (bicyclic) bond motifs is 1.